The minimum Gasteiger partial charge on any atom is -0.497 e. The Morgan fingerprint density at radius 2 is 1.81 bits per heavy atom. The molecule has 3 heteroatoms. The second-order valence-electron chi connectivity index (χ2n) is 3.03. The highest BCUT2D eigenvalue weighted by atomic mass is 79.9. The third-order valence-electron chi connectivity index (χ3n) is 2.02. The van der Waals surface area contributed by atoms with Crippen molar-refractivity contribution in [2.75, 3.05) is 12.4 Å². The van der Waals surface area contributed by atoms with Crippen LogP contribution < -0.4 is 4.74 Å². The lowest BCUT2D eigenvalue weighted by Crippen LogP contribution is -1.81. The van der Waals surface area contributed by atoms with Gasteiger partial charge in [-0.05, 0) is 22.9 Å². The summed E-state index contributed by atoms with van der Waals surface area (Å²) in [5, 5.41) is 2.92. The van der Waals surface area contributed by atoms with E-state index in [9.17, 15) is 0 Å². The van der Waals surface area contributed by atoms with Crippen LogP contribution in [0, 0.1) is 0 Å². The van der Waals surface area contributed by atoms with Gasteiger partial charge in [-0.25, -0.2) is 0 Å². The molecule has 2 aromatic carbocycles. The highest BCUT2D eigenvalue weighted by molar-refractivity contribution is 9.09. The fourth-order valence-electron chi connectivity index (χ4n) is 1.29. The van der Waals surface area contributed by atoms with Gasteiger partial charge in [0.2, 0.25) is 0 Å². The van der Waals surface area contributed by atoms with E-state index >= 15 is 0 Å². The molecular formula is C13H13BrO2. The van der Waals surface area contributed by atoms with Crippen LogP contribution in [0.1, 0.15) is 0 Å². The van der Waals surface area contributed by atoms with Crippen molar-refractivity contribution in [3.05, 3.63) is 42.5 Å². The Labute approximate surface area is 103 Å². The Morgan fingerprint density at radius 1 is 1.19 bits per heavy atom. The van der Waals surface area contributed by atoms with Crippen molar-refractivity contribution in [1.82, 2.24) is 0 Å². The molecule has 0 aliphatic rings. The average Bonchev–Trinajstić information content (AvgIpc) is 2.38. The van der Waals surface area contributed by atoms with Gasteiger partial charge in [0.25, 0.3) is 0 Å². The normalized spacial score (nSPS) is 9.12. The first-order valence-corrected chi connectivity index (χ1v) is 5.96. The Morgan fingerprint density at radius 3 is 2.38 bits per heavy atom. The molecule has 0 saturated heterocycles. The van der Waals surface area contributed by atoms with Crippen LogP contribution in [0.3, 0.4) is 0 Å². The maximum atomic E-state index is 9.13. The maximum Gasteiger partial charge on any atom is 0.130 e. The molecule has 2 rings (SSSR count). The zero-order valence-electron chi connectivity index (χ0n) is 9.02. The number of hydrogen-bond acceptors (Lipinski definition) is 2. The number of benzene rings is 2. The summed E-state index contributed by atoms with van der Waals surface area (Å²) in [6.45, 7) is 0. The monoisotopic (exact) mass is 280 g/mol. The SMILES string of the molecule is COc1ccc2ccccc2c1.O=CCBr. The Balaban J connectivity index is 0.000000280. The maximum absolute atomic E-state index is 9.13. The summed E-state index contributed by atoms with van der Waals surface area (Å²) in [5.74, 6) is 0.911. The summed E-state index contributed by atoms with van der Waals surface area (Å²) in [6, 6.07) is 14.3. The molecule has 0 aliphatic heterocycles. The first-order valence-electron chi connectivity index (χ1n) is 4.84. The Kier molecular flexibility index (Phi) is 5.57. The summed E-state index contributed by atoms with van der Waals surface area (Å²) in [7, 11) is 1.68. The van der Waals surface area contributed by atoms with E-state index in [0.29, 0.717) is 5.33 Å². The third-order valence-corrected chi connectivity index (χ3v) is 2.28. The number of halogens is 1. The molecule has 0 bridgehead atoms. The van der Waals surface area contributed by atoms with Gasteiger partial charge in [0.15, 0.2) is 0 Å². The molecule has 0 amide bonds. The van der Waals surface area contributed by atoms with Crippen molar-refractivity contribution in [3.8, 4) is 5.75 Å². The van der Waals surface area contributed by atoms with Crippen molar-refractivity contribution in [2.24, 2.45) is 0 Å². The second kappa shape index (κ2) is 7.01. The van der Waals surface area contributed by atoms with E-state index in [1.54, 1.807) is 7.11 Å². The van der Waals surface area contributed by atoms with Crippen molar-refractivity contribution in [3.63, 3.8) is 0 Å². The molecule has 0 aromatic heterocycles. The summed E-state index contributed by atoms with van der Waals surface area (Å²) >= 11 is 2.88. The number of rotatable bonds is 2. The summed E-state index contributed by atoms with van der Waals surface area (Å²) in [5.41, 5.74) is 0. The lowest BCUT2D eigenvalue weighted by Gasteiger charge is -2.00. The molecule has 2 aromatic rings. The number of aldehydes is 1. The molecule has 0 atom stereocenters. The number of methoxy groups -OCH3 is 1. The van der Waals surface area contributed by atoms with Gasteiger partial charge in [-0.3, -0.25) is 0 Å². The van der Waals surface area contributed by atoms with E-state index < -0.39 is 0 Å². The molecule has 0 saturated carbocycles. The van der Waals surface area contributed by atoms with Gasteiger partial charge < -0.3 is 9.53 Å². The molecule has 16 heavy (non-hydrogen) atoms. The zero-order valence-corrected chi connectivity index (χ0v) is 10.6. The minimum atomic E-state index is 0.451. The van der Waals surface area contributed by atoms with Crippen LogP contribution in [0.25, 0.3) is 10.8 Å². The van der Waals surface area contributed by atoms with E-state index in [4.69, 9.17) is 9.53 Å². The molecule has 0 radical (unpaired) electrons. The van der Waals surface area contributed by atoms with Gasteiger partial charge in [-0.1, -0.05) is 46.3 Å². The highest BCUT2D eigenvalue weighted by Gasteiger charge is 1.93. The van der Waals surface area contributed by atoms with Crippen LogP contribution in [-0.2, 0) is 4.79 Å². The van der Waals surface area contributed by atoms with Crippen LogP contribution >= 0.6 is 15.9 Å². The van der Waals surface area contributed by atoms with Gasteiger partial charge >= 0.3 is 0 Å². The van der Waals surface area contributed by atoms with Gasteiger partial charge in [-0.15, -0.1) is 0 Å². The Hall–Kier alpha value is -1.35. The first kappa shape index (κ1) is 12.7. The van der Waals surface area contributed by atoms with Crippen LogP contribution in [0.2, 0.25) is 0 Å². The van der Waals surface area contributed by atoms with E-state index in [2.05, 4.69) is 34.1 Å². The molecule has 0 N–H and O–H groups in total. The van der Waals surface area contributed by atoms with E-state index in [-0.39, 0.29) is 0 Å². The van der Waals surface area contributed by atoms with Crippen molar-refractivity contribution in [2.45, 2.75) is 0 Å². The second-order valence-corrected chi connectivity index (χ2v) is 3.68. The van der Waals surface area contributed by atoms with E-state index in [1.807, 2.05) is 24.3 Å². The van der Waals surface area contributed by atoms with Crippen molar-refractivity contribution >= 4 is 33.0 Å². The number of hydrogen-bond donors (Lipinski definition) is 0. The Bertz CT molecular complexity index is 454. The van der Waals surface area contributed by atoms with Crippen LogP contribution in [0.4, 0.5) is 0 Å². The lowest BCUT2D eigenvalue weighted by atomic mass is 10.1. The zero-order chi connectivity index (χ0) is 11.8. The van der Waals surface area contributed by atoms with Gasteiger partial charge in [0.1, 0.15) is 12.0 Å². The molecule has 0 spiro atoms. The average molecular weight is 281 g/mol. The van der Waals surface area contributed by atoms with Crippen LogP contribution in [-0.4, -0.2) is 18.7 Å². The predicted octanol–water partition coefficient (Wildman–Crippen LogP) is 3.43. The number of carbonyl (C=O) groups is 1. The topological polar surface area (TPSA) is 26.3 Å². The molecule has 84 valence electrons. The number of alkyl halides is 1. The van der Waals surface area contributed by atoms with E-state index in [0.717, 1.165) is 12.0 Å². The molecule has 0 fully saturated rings. The van der Waals surface area contributed by atoms with Gasteiger partial charge in [0.05, 0.1) is 12.4 Å². The van der Waals surface area contributed by atoms with Gasteiger partial charge in [0, 0.05) is 0 Å². The largest absolute Gasteiger partial charge is 0.497 e. The standard InChI is InChI=1S/C11H10O.C2H3BrO/c1-12-11-7-6-9-4-2-3-5-10(9)8-11;3-1-2-4/h2-8H,1H3;2H,1H2. The van der Waals surface area contributed by atoms with E-state index in [1.165, 1.54) is 10.8 Å². The molecule has 2 nitrogen and oxygen atoms in total. The number of fused-ring (bicyclic) bond motifs is 1. The van der Waals surface area contributed by atoms with Crippen LogP contribution in [0.15, 0.2) is 42.5 Å². The highest BCUT2D eigenvalue weighted by Crippen LogP contribution is 2.19. The smallest absolute Gasteiger partial charge is 0.130 e. The molecule has 0 unspecified atom stereocenters. The first-order chi connectivity index (χ1) is 7.81. The van der Waals surface area contributed by atoms with Crippen molar-refractivity contribution in [1.29, 1.82) is 0 Å². The number of ether oxygens (including phenoxy) is 1. The predicted molar refractivity (Wildman–Crippen MR) is 70.4 cm³/mol. The molecular weight excluding hydrogens is 268 g/mol. The summed E-state index contributed by atoms with van der Waals surface area (Å²) < 4.78 is 5.12. The summed E-state index contributed by atoms with van der Waals surface area (Å²) in [6.07, 6.45) is 0.792. The minimum absolute atomic E-state index is 0.451. The third kappa shape index (κ3) is 3.66. The summed E-state index contributed by atoms with van der Waals surface area (Å²) in [4.78, 5) is 9.13. The molecule has 0 aliphatic carbocycles. The number of carbonyl (C=O) groups excluding carboxylic acids is 1. The fourth-order valence-corrected chi connectivity index (χ4v) is 1.29. The fraction of sp³-hybridized carbons (Fsp3) is 0.154. The van der Waals surface area contributed by atoms with Gasteiger partial charge in [-0.2, -0.15) is 0 Å². The van der Waals surface area contributed by atoms with Crippen molar-refractivity contribution < 1.29 is 9.53 Å². The quantitative estimate of drug-likeness (QED) is 0.622. The van der Waals surface area contributed by atoms with Crippen LogP contribution in [0.5, 0.6) is 5.75 Å². The molecule has 0 heterocycles. The lowest BCUT2D eigenvalue weighted by molar-refractivity contribution is -0.105.